The van der Waals surface area contributed by atoms with Gasteiger partial charge in [0.15, 0.2) is 0 Å². The second-order valence-electron chi connectivity index (χ2n) is 4.51. The van der Waals surface area contributed by atoms with Crippen LogP contribution in [0.5, 0.6) is 5.75 Å². The van der Waals surface area contributed by atoms with Crippen LogP contribution in [0, 0.1) is 0 Å². The van der Waals surface area contributed by atoms with Gasteiger partial charge in [0.2, 0.25) is 5.91 Å². The Bertz CT molecular complexity index is 659. The summed E-state index contributed by atoms with van der Waals surface area (Å²) in [6.45, 7) is 0. The van der Waals surface area contributed by atoms with Crippen molar-refractivity contribution in [2.45, 2.75) is 5.75 Å². The van der Waals surface area contributed by atoms with Crippen molar-refractivity contribution in [3.8, 4) is 5.75 Å². The molecule has 2 N–H and O–H groups in total. The minimum Gasteiger partial charge on any atom is -0.508 e. The van der Waals surface area contributed by atoms with E-state index in [1.54, 1.807) is 24.3 Å². The third-order valence-electron chi connectivity index (χ3n) is 2.69. The van der Waals surface area contributed by atoms with Crippen molar-refractivity contribution in [2.24, 2.45) is 5.10 Å². The number of phenols is 1. The Morgan fingerprint density at radius 2 is 2.05 bits per heavy atom. The number of halogens is 1. The first-order valence-corrected chi connectivity index (χ1v) is 8.51. The Kier molecular flexibility index (Phi) is 6.48. The fraction of sp³-hybridized carbons (Fsp3) is 0.125. The summed E-state index contributed by atoms with van der Waals surface area (Å²) >= 11 is 4.95. The van der Waals surface area contributed by atoms with E-state index in [9.17, 15) is 4.79 Å². The quantitative estimate of drug-likeness (QED) is 0.596. The predicted octanol–water partition coefficient (Wildman–Crippen LogP) is 3.54. The Hall–Kier alpha value is -1.79. The maximum atomic E-state index is 11.6. The fourth-order valence-corrected chi connectivity index (χ4v) is 2.87. The van der Waals surface area contributed by atoms with E-state index in [0.717, 1.165) is 15.8 Å². The molecule has 0 bridgehead atoms. The van der Waals surface area contributed by atoms with Gasteiger partial charge in [0.1, 0.15) is 5.75 Å². The number of aromatic hydroxyl groups is 1. The molecule has 0 atom stereocenters. The summed E-state index contributed by atoms with van der Waals surface area (Å²) < 4.78 is 1.04. The van der Waals surface area contributed by atoms with E-state index in [-0.39, 0.29) is 11.7 Å². The molecule has 4 nitrogen and oxygen atoms in total. The zero-order chi connectivity index (χ0) is 15.8. The van der Waals surface area contributed by atoms with Crippen LogP contribution in [0.2, 0.25) is 0 Å². The zero-order valence-electron chi connectivity index (χ0n) is 11.7. The lowest BCUT2D eigenvalue weighted by molar-refractivity contribution is -0.118. The average molecular weight is 379 g/mol. The normalized spacial score (nSPS) is 10.8. The van der Waals surface area contributed by atoms with Crippen molar-refractivity contribution in [3.63, 3.8) is 0 Å². The highest BCUT2D eigenvalue weighted by atomic mass is 79.9. The highest BCUT2D eigenvalue weighted by Crippen LogP contribution is 2.16. The summed E-state index contributed by atoms with van der Waals surface area (Å²) in [5.74, 6) is 1.17. The van der Waals surface area contributed by atoms with E-state index in [4.69, 9.17) is 5.11 Å². The molecule has 0 saturated heterocycles. The number of hydrogen-bond acceptors (Lipinski definition) is 4. The van der Waals surface area contributed by atoms with Gasteiger partial charge < -0.3 is 5.11 Å². The van der Waals surface area contributed by atoms with Crippen LogP contribution in [0.3, 0.4) is 0 Å². The molecule has 0 heterocycles. The average Bonchev–Trinajstić information content (AvgIpc) is 2.49. The molecule has 0 aliphatic carbocycles. The highest BCUT2D eigenvalue weighted by Gasteiger charge is 2.01. The summed E-state index contributed by atoms with van der Waals surface area (Å²) in [6, 6.07) is 14.6. The van der Waals surface area contributed by atoms with Crippen LogP contribution in [0.15, 0.2) is 58.1 Å². The van der Waals surface area contributed by atoms with E-state index in [1.807, 2.05) is 24.3 Å². The third-order valence-corrected chi connectivity index (χ3v) is 4.18. The summed E-state index contributed by atoms with van der Waals surface area (Å²) in [5, 5.41) is 13.0. The molecular formula is C16H15BrN2O2S. The van der Waals surface area contributed by atoms with Crippen LogP contribution in [0.1, 0.15) is 11.1 Å². The summed E-state index contributed by atoms with van der Waals surface area (Å²) in [6.07, 6.45) is 1.54. The molecule has 2 aromatic rings. The number of hydrogen-bond donors (Lipinski definition) is 2. The molecule has 0 radical (unpaired) electrons. The lowest BCUT2D eigenvalue weighted by Gasteiger charge is -2.02. The molecule has 114 valence electrons. The molecule has 22 heavy (non-hydrogen) atoms. The number of nitrogens with one attached hydrogen (secondary N) is 1. The van der Waals surface area contributed by atoms with Gasteiger partial charge in [-0.15, -0.1) is 11.8 Å². The number of amides is 1. The summed E-state index contributed by atoms with van der Waals surface area (Å²) in [4.78, 5) is 11.6. The fourth-order valence-electron chi connectivity index (χ4n) is 1.66. The van der Waals surface area contributed by atoms with E-state index >= 15 is 0 Å². The van der Waals surface area contributed by atoms with Crippen LogP contribution >= 0.6 is 27.7 Å². The van der Waals surface area contributed by atoms with Crippen LogP contribution in [0.4, 0.5) is 0 Å². The van der Waals surface area contributed by atoms with E-state index in [1.165, 1.54) is 23.5 Å². The highest BCUT2D eigenvalue weighted by molar-refractivity contribution is 9.10. The minimum absolute atomic E-state index is 0.143. The standard InChI is InChI=1S/C16H15BrN2O2S/c17-14-3-1-2-13(8-14)10-22-11-16(21)19-18-9-12-4-6-15(20)7-5-12/h1-9,20H,10-11H2,(H,19,21)/b18-9-. The second kappa shape index (κ2) is 8.60. The Labute approximate surface area is 141 Å². The molecule has 2 aromatic carbocycles. The Balaban J connectivity index is 1.70. The predicted molar refractivity (Wildman–Crippen MR) is 94.1 cm³/mol. The lowest BCUT2D eigenvalue weighted by atomic mass is 10.2. The number of benzene rings is 2. The van der Waals surface area contributed by atoms with Gasteiger partial charge in [-0.2, -0.15) is 5.10 Å². The SMILES string of the molecule is O=C(CSCc1cccc(Br)c1)N/N=C\c1ccc(O)cc1. The molecule has 0 aliphatic rings. The molecule has 0 spiro atoms. The smallest absolute Gasteiger partial charge is 0.250 e. The van der Waals surface area contributed by atoms with E-state index < -0.39 is 0 Å². The van der Waals surface area contributed by atoms with Crippen LogP contribution in [0.25, 0.3) is 0 Å². The maximum absolute atomic E-state index is 11.6. The van der Waals surface area contributed by atoms with Crippen LogP contribution in [-0.2, 0) is 10.5 Å². The molecule has 0 aliphatic heterocycles. The topological polar surface area (TPSA) is 61.7 Å². The first-order chi connectivity index (χ1) is 10.6. The van der Waals surface area contributed by atoms with Crippen molar-refractivity contribution in [3.05, 3.63) is 64.1 Å². The number of hydrazone groups is 1. The third kappa shape index (κ3) is 5.91. The van der Waals surface area contributed by atoms with Gasteiger partial charge in [0.25, 0.3) is 0 Å². The largest absolute Gasteiger partial charge is 0.508 e. The van der Waals surface area contributed by atoms with Crippen molar-refractivity contribution < 1.29 is 9.90 Å². The molecule has 0 unspecified atom stereocenters. The van der Waals surface area contributed by atoms with Gasteiger partial charge in [0, 0.05) is 10.2 Å². The maximum Gasteiger partial charge on any atom is 0.250 e. The number of thioether (sulfide) groups is 1. The van der Waals surface area contributed by atoms with Gasteiger partial charge >= 0.3 is 0 Å². The van der Waals surface area contributed by atoms with Gasteiger partial charge in [-0.1, -0.05) is 28.1 Å². The van der Waals surface area contributed by atoms with Gasteiger partial charge in [0.05, 0.1) is 12.0 Å². The van der Waals surface area contributed by atoms with Crippen LogP contribution < -0.4 is 5.43 Å². The van der Waals surface area contributed by atoms with Gasteiger partial charge in [-0.3, -0.25) is 4.79 Å². The number of phenolic OH excluding ortho intramolecular Hbond substituents is 1. The first kappa shape index (κ1) is 16.6. The molecule has 0 saturated carbocycles. The summed E-state index contributed by atoms with van der Waals surface area (Å²) in [5.41, 5.74) is 4.45. The molecular weight excluding hydrogens is 364 g/mol. The first-order valence-electron chi connectivity index (χ1n) is 6.56. The molecule has 6 heteroatoms. The van der Waals surface area contributed by atoms with Gasteiger partial charge in [-0.05, 0) is 47.5 Å². The molecule has 0 fully saturated rings. The van der Waals surface area contributed by atoms with Gasteiger partial charge in [-0.25, -0.2) is 5.43 Å². The monoisotopic (exact) mass is 378 g/mol. The zero-order valence-corrected chi connectivity index (χ0v) is 14.1. The number of rotatable bonds is 6. The minimum atomic E-state index is -0.143. The van der Waals surface area contributed by atoms with Crippen molar-refractivity contribution >= 4 is 39.8 Å². The van der Waals surface area contributed by atoms with E-state index in [0.29, 0.717) is 5.75 Å². The number of carbonyl (C=O) groups is 1. The van der Waals surface area contributed by atoms with Crippen molar-refractivity contribution in [1.29, 1.82) is 0 Å². The molecule has 2 rings (SSSR count). The number of nitrogens with zero attached hydrogens (tertiary/aromatic N) is 1. The number of carbonyl (C=O) groups excluding carboxylic acids is 1. The molecule has 1 amide bonds. The summed E-state index contributed by atoms with van der Waals surface area (Å²) in [7, 11) is 0. The van der Waals surface area contributed by atoms with Crippen LogP contribution in [-0.4, -0.2) is 23.0 Å². The van der Waals surface area contributed by atoms with Crippen molar-refractivity contribution in [1.82, 2.24) is 5.43 Å². The Morgan fingerprint density at radius 3 is 2.77 bits per heavy atom. The Morgan fingerprint density at radius 1 is 1.27 bits per heavy atom. The lowest BCUT2D eigenvalue weighted by Crippen LogP contribution is -2.19. The second-order valence-corrected chi connectivity index (χ2v) is 6.41. The van der Waals surface area contributed by atoms with Crippen molar-refractivity contribution in [2.75, 3.05) is 5.75 Å². The van der Waals surface area contributed by atoms with E-state index in [2.05, 4.69) is 26.5 Å². The molecule has 0 aromatic heterocycles.